The molecule has 3 nitrogen and oxygen atoms in total. The van der Waals surface area contributed by atoms with Gasteiger partial charge in [0.15, 0.2) is 5.05 Å². The van der Waals surface area contributed by atoms with Gasteiger partial charge in [-0.05, 0) is 17.8 Å². The SMILES string of the molecule is O=CO.OC(=S)CC(=S)c1ccccc1. The summed E-state index contributed by atoms with van der Waals surface area (Å²) in [5.41, 5.74) is 0.948. The largest absolute Gasteiger partial charge is 0.502 e. The van der Waals surface area contributed by atoms with Crippen LogP contribution in [0.3, 0.4) is 0 Å². The Bertz CT molecular complexity index is 336. The summed E-state index contributed by atoms with van der Waals surface area (Å²) in [6.45, 7) is -0.250. The lowest BCUT2D eigenvalue weighted by molar-refractivity contribution is -0.122. The van der Waals surface area contributed by atoms with Crippen LogP contribution in [0.25, 0.3) is 0 Å². The van der Waals surface area contributed by atoms with E-state index in [1.165, 1.54) is 0 Å². The highest BCUT2D eigenvalue weighted by Gasteiger charge is 2.01. The van der Waals surface area contributed by atoms with Crippen molar-refractivity contribution in [1.82, 2.24) is 0 Å². The van der Waals surface area contributed by atoms with Crippen LogP contribution in [0.4, 0.5) is 0 Å². The number of hydrogen-bond acceptors (Lipinski definition) is 3. The van der Waals surface area contributed by atoms with E-state index in [9.17, 15) is 0 Å². The fraction of sp³-hybridized carbons (Fsp3) is 0.100. The molecule has 0 heterocycles. The molecule has 0 amide bonds. The lowest BCUT2D eigenvalue weighted by Crippen LogP contribution is -2.03. The second-order valence-electron chi connectivity index (χ2n) is 2.47. The highest BCUT2D eigenvalue weighted by molar-refractivity contribution is 7.82. The van der Waals surface area contributed by atoms with Gasteiger partial charge in [0.05, 0.1) is 6.42 Å². The predicted octanol–water partition coefficient (Wildman–Crippen LogP) is 2.38. The summed E-state index contributed by atoms with van der Waals surface area (Å²) in [5, 5.41) is 15.7. The molecule has 0 unspecified atom stereocenters. The molecule has 1 rings (SSSR count). The van der Waals surface area contributed by atoms with Gasteiger partial charge in [-0.2, -0.15) is 0 Å². The molecule has 0 saturated heterocycles. The molecule has 0 aromatic heterocycles. The average molecular weight is 242 g/mol. The van der Waals surface area contributed by atoms with E-state index in [4.69, 9.17) is 27.2 Å². The Morgan fingerprint density at radius 3 is 2.13 bits per heavy atom. The molecule has 80 valence electrons. The van der Waals surface area contributed by atoms with Crippen molar-refractivity contribution in [1.29, 1.82) is 0 Å². The summed E-state index contributed by atoms with van der Waals surface area (Å²) in [6.07, 6.45) is 0.300. The number of aliphatic hydroxyl groups excluding tert-OH is 1. The normalized spacial score (nSPS) is 8.27. The maximum Gasteiger partial charge on any atom is 0.290 e. The molecule has 0 spiro atoms. The molecule has 2 N–H and O–H groups in total. The first-order valence-electron chi connectivity index (χ1n) is 3.99. The minimum absolute atomic E-state index is 0.0520. The van der Waals surface area contributed by atoms with Crippen LogP contribution in [0.1, 0.15) is 12.0 Å². The number of carbonyl (C=O) groups is 1. The van der Waals surface area contributed by atoms with Crippen LogP contribution in [0.2, 0.25) is 0 Å². The Hall–Kier alpha value is -1.33. The highest BCUT2D eigenvalue weighted by atomic mass is 32.1. The molecule has 0 fully saturated rings. The number of rotatable bonds is 3. The van der Waals surface area contributed by atoms with Gasteiger partial charge >= 0.3 is 0 Å². The third-order valence-corrected chi connectivity index (χ3v) is 1.93. The van der Waals surface area contributed by atoms with E-state index in [2.05, 4.69) is 12.2 Å². The van der Waals surface area contributed by atoms with E-state index < -0.39 is 0 Å². The Morgan fingerprint density at radius 2 is 1.73 bits per heavy atom. The molecule has 0 aliphatic carbocycles. The molecule has 0 aliphatic rings. The van der Waals surface area contributed by atoms with E-state index in [0.717, 1.165) is 5.56 Å². The Morgan fingerprint density at radius 1 is 1.27 bits per heavy atom. The van der Waals surface area contributed by atoms with Crippen molar-refractivity contribution in [3.05, 3.63) is 35.9 Å². The van der Waals surface area contributed by atoms with Gasteiger partial charge in [0, 0.05) is 4.86 Å². The molecule has 0 aliphatic heterocycles. The van der Waals surface area contributed by atoms with Crippen LogP contribution in [0, 0.1) is 0 Å². The number of aliphatic hydroxyl groups is 1. The van der Waals surface area contributed by atoms with E-state index in [0.29, 0.717) is 11.3 Å². The Labute approximate surface area is 98.4 Å². The molecular formula is C10H10O3S2. The fourth-order valence-electron chi connectivity index (χ4n) is 0.863. The van der Waals surface area contributed by atoms with Crippen LogP contribution < -0.4 is 0 Å². The van der Waals surface area contributed by atoms with Crippen molar-refractivity contribution >= 4 is 40.8 Å². The lowest BCUT2D eigenvalue weighted by Gasteiger charge is -2.00. The van der Waals surface area contributed by atoms with E-state index >= 15 is 0 Å². The number of hydrogen-bond donors (Lipinski definition) is 2. The lowest BCUT2D eigenvalue weighted by atomic mass is 10.1. The highest BCUT2D eigenvalue weighted by Crippen LogP contribution is 2.04. The molecule has 0 radical (unpaired) electrons. The van der Waals surface area contributed by atoms with Gasteiger partial charge in [-0.25, -0.2) is 0 Å². The van der Waals surface area contributed by atoms with Gasteiger partial charge in [-0.1, -0.05) is 42.5 Å². The van der Waals surface area contributed by atoms with Gasteiger partial charge in [-0.15, -0.1) is 0 Å². The molecule has 15 heavy (non-hydrogen) atoms. The molecule has 0 atom stereocenters. The molecule has 5 heteroatoms. The maximum absolute atomic E-state index is 8.83. The third-order valence-electron chi connectivity index (χ3n) is 1.41. The smallest absolute Gasteiger partial charge is 0.290 e. The molecule has 0 saturated carbocycles. The first kappa shape index (κ1) is 13.7. The number of thiocarbonyl (C=S) groups is 2. The first-order valence-corrected chi connectivity index (χ1v) is 4.81. The van der Waals surface area contributed by atoms with Crippen LogP contribution in [-0.2, 0) is 4.79 Å². The van der Waals surface area contributed by atoms with E-state index in [1.807, 2.05) is 30.3 Å². The molecule has 1 aromatic rings. The average Bonchev–Trinajstić information content (AvgIpc) is 2.19. The summed E-state index contributed by atoms with van der Waals surface area (Å²) in [4.78, 5) is 9.04. The van der Waals surface area contributed by atoms with E-state index in [-0.39, 0.29) is 11.5 Å². The standard InChI is InChI=1S/C9H8OS2.CH2O2/c10-9(12)6-8(11)7-4-2-1-3-5-7;2-1-3/h1-5H,6H2,(H,10,12);1H,(H,2,3). The number of benzene rings is 1. The van der Waals surface area contributed by atoms with Crippen molar-refractivity contribution in [2.75, 3.05) is 0 Å². The van der Waals surface area contributed by atoms with Crippen molar-refractivity contribution < 1.29 is 15.0 Å². The minimum atomic E-state index is -0.250. The fourth-order valence-corrected chi connectivity index (χ4v) is 1.37. The summed E-state index contributed by atoms with van der Waals surface area (Å²) in [6, 6.07) is 9.54. The molecule has 1 aromatic carbocycles. The third kappa shape index (κ3) is 6.70. The zero-order chi connectivity index (χ0) is 11.7. The Balaban J connectivity index is 0.000000583. The first-order chi connectivity index (χ1) is 7.11. The van der Waals surface area contributed by atoms with Gasteiger partial charge in [0.1, 0.15) is 0 Å². The van der Waals surface area contributed by atoms with Crippen LogP contribution in [-0.4, -0.2) is 26.6 Å². The van der Waals surface area contributed by atoms with Crippen LogP contribution in [0.5, 0.6) is 0 Å². The van der Waals surface area contributed by atoms with Crippen LogP contribution >= 0.6 is 24.4 Å². The Kier molecular flexibility index (Phi) is 7.31. The number of carboxylic acid groups (broad SMARTS) is 1. The maximum atomic E-state index is 8.83. The van der Waals surface area contributed by atoms with Crippen LogP contribution in [0.15, 0.2) is 30.3 Å². The van der Waals surface area contributed by atoms with Crippen molar-refractivity contribution in [3.63, 3.8) is 0 Å². The van der Waals surface area contributed by atoms with Gasteiger partial charge in [0.2, 0.25) is 0 Å². The van der Waals surface area contributed by atoms with Crippen molar-refractivity contribution in [2.45, 2.75) is 6.42 Å². The second kappa shape index (κ2) is 8.02. The van der Waals surface area contributed by atoms with Gasteiger partial charge in [-0.3, -0.25) is 4.79 Å². The van der Waals surface area contributed by atoms with E-state index in [1.54, 1.807) is 0 Å². The zero-order valence-corrected chi connectivity index (χ0v) is 9.42. The summed E-state index contributed by atoms with van der Waals surface area (Å²) in [5.74, 6) is 0. The topological polar surface area (TPSA) is 57.5 Å². The monoisotopic (exact) mass is 242 g/mol. The second-order valence-corrected chi connectivity index (χ2v) is 3.43. The summed E-state index contributed by atoms with van der Waals surface area (Å²) < 4.78 is 0. The van der Waals surface area contributed by atoms with Gasteiger partial charge < -0.3 is 10.2 Å². The quantitative estimate of drug-likeness (QED) is 0.484. The summed E-state index contributed by atoms with van der Waals surface area (Å²) in [7, 11) is 0. The predicted molar refractivity (Wildman–Crippen MR) is 66.7 cm³/mol. The molecular weight excluding hydrogens is 232 g/mol. The van der Waals surface area contributed by atoms with Crippen molar-refractivity contribution in [3.8, 4) is 0 Å². The summed E-state index contributed by atoms with van der Waals surface area (Å²) >= 11 is 9.59. The zero-order valence-electron chi connectivity index (χ0n) is 7.79. The van der Waals surface area contributed by atoms with Crippen molar-refractivity contribution in [2.24, 2.45) is 0 Å². The van der Waals surface area contributed by atoms with Gasteiger partial charge in [0.25, 0.3) is 6.47 Å². The molecule has 0 bridgehead atoms. The minimum Gasteiger partial charge on any atom is -0.502 e.